The predicted molar refractivity (Wildman–Crippen MR) is 117 cm³/mol. The molecule has 1 aliphatic rings. The van der Waals surface area contributed by atoms with Gasteiger partial charge in [-0.25, -0.2) is 4.90 Å². The van der Waals surface area contributed by atoms with Crippen molar-refractivity contribution in [3.05, 3.63) is 70.2 Å². The van der Waals surface area contributed by atoms with Crippen molar-refractivity contribution in [2.75, 3.05) is 4.90 Å². The Morgan fingerprint density at radius 1 is 1.14 bits per heavy atom. The average molecular weight is 411 g/mol. The van der Waals surface area contributed by atoms with Gasteiger partial charge in [0.05, 0.1) is 10.6 Å². The maximum Gasteiger partial charge on any atom is 0.298 e. The number of carbonyl (C=O) groups excluding carboxylic acids is 2. The lowest BCUT2D eigenvalue weighted by Gasteiger charge is -2.12. The molecule has 4 nitrogen and oxygen atoms in total. The minimum absolute atomic E-state index is 0.316. The van der Waals surface area contributed by atoms with Crippen LogP contribution in [0.3, 0.4) is 0 Å². The summed E-state index contributed by atoms with van der Waals surface area (Å²) in [4.78, 5) is 27.0. The molecule has 0 aliphatic carbocycles. The minimum Gasteiger partial charge on any atom is -0.344 e. The average Bonchev–Trinajstić information content (AvgIpc) is 3.19. The highest BCUT2D eigenvalue weighted by atomic mass is 35.5. The molecule has 1 aromatic heterocycles. The molecule has 0 saturated carbocycles. The number of imide groups is 1. The van der Waals surface area contributed by atoms with Crippen molar-refractivity contribution < 1.29 is 9.59 Å². The second kappa shape index (κ2) is 7.49. The Morgan fingerprint density at radius 2 is 1.93 bits per heavy atom. The maximum absolute atomic E-state index is 12.9. The Labute approximate surface area is 172 Å². The van der Waals surface area contributed by atoms with Gasteiger partial charge >= 0.3 is 0 Å². The van der Waals surface area contributed by atoms with E-state index in [0.717, 1.165) is 34.6 Å². The van der Waals surface area contributed by atoms with E-state index in [1.165, 1.54) is 4.90 Å². The normalized spacial score (nSPS) is 17.1. The Balaban J connectivity index is 1.76. The number of nitrogens with zero attached hydrogens (tertiary/aromatic N) is 2. The summed E-state index contributed by atoms with van der Waals surface area (Å²) >= 11 is 6.98. The molecule has 28 heavy (non-hydrogen) atoms. The van der Waals surface area contributed by atoms with E-state index in [1.807, 2.05) is 24.3 Å². The number of para-hydroxylation sites is 1. The standard InChI is InChI=1S/C22H19ClN2O2S/c1-3-14(2)24-13-15(18-9-4-5-10-19(18)24)11-20-21(26)25(22(27)28-20)17-8-6-7-16(23)12-17/h4-14H,3H2,1-2H3/b20-11+/t14-/m1/s1. The van der Waals surface area contributed by atoms with Gasteiger partial charge in [0.15, 0.2) is 0 Å². The summed E-state index contributed by atoms with van der Waals surface area (Å²) in [7, 11) is 0. The van der Waals surface area contributed by atoms with E-state index in [4.69, 9.17) is 11.6 Å². The fourth-order valence-corrected chi connectivity index (χ4v) is 4.37. The lowest BCUT2D eigenvalue weighted by atomic mass is 10.1. The molecule has 2 amide bonds. The zero-order chi connectivity index (χ0) is 19.8. The van der Waals surface area contributed by atoms with E-state index < -0.39 is 0 Å². The van der Waals surface area contributed by atoms with Gasteiger partial charge in [0.25, 0.3) is 11.1 Å². The molecule has 4 rings (SSSR count). The molecule has 1 fully saturated rings. The molecule has 2 aromatic carbocycles. The third-order valence-electron chi connectivity index (χ3n) is 4.98. The van der Waals surface area contributed by atoms with E-state index in [-0.39, 0.29) is 11.1 Å². The highest BCUT2D eigenvalue weighted by molar-refractivity contribution is 8.19. The number of anilines is 1. The van der Waals surface area contributed by atoms with Crippen molar-refractivity contribution in [1.29, 1.82) is 0 Å². The van der Waals surface area contributed by atoms with Crippen LogP contribution >= 0.6 is 23.4 Å². The second-order valence-electron chi connectivity index (χ2n) is 6.76. The van der Waals surface area contributed by atoms with Gasteiger partial charge in [0.2, 0.25) is 0 Å². The van der Waals surface area contributed by atoms with Crippen molar-refractivity contribution in [3.8, 4) is 0 Å². The first-order valence-corrected chi connectivity index (χ1v) is 10.3. The van der Waals surface area contributed by atoms with Crippen molar-refractivity contribution >= 4 is 57.2 Å². The third-order valence-corrected chi connectivity index (χ3v) is 6.09. The second-order valence-corrected chi connectivity index (χ2v) is 8.19. The Kier molecular flexibility index (Phi) is 5.04. The molecule has 3 aromatic rings. The molecule has 1 saturated heterocycles. The van der Waals surface area contributed by atoms with E-state index >= 15 is 0 Å². The fourth-order valence-electron chi connectivity index (χ4n) is 3.35. The number of hydrogen-bond donors (Lipinski definition) is 0. The zero-order valence-corrected chi connectivity index (χ0v) is 17.1. The first-order chi connectivity index (χ1) is 13.5. The van der Waals surface area contributed by atoms with Crippen molar-refractivity contribution in [3.63, 3.8) is 0 Å². The summed E-state index contributed by atoms with van der Waals surface area (Å²) in [6, 6.07) is 15.2. The van der Waals surface area contributed by atoms with Gasteiger partial charge in [-0.2, -0.15) is 0 Å². The van der Waals surface area contributed by atoms with Gasteiger partial charge in [-0.05, 0) is 55.4 Å². The van der Waals surface area contributed by atoms with Crippen LogP contribution in [0.5, 0.6) is 0 Å². The van der Waals surface area contributed by atoms with Crippen LogP contribution in [0.15, 0.2) is 59.6 Å². The SMILES string of the molecule is CC[C@@H](C)n1cc(/C=C2/SC(=O)N(c3cccc(Cl)c3)C2=O)c2ccccc21. The van der Waals surface area contributed by atoms with E-state index in [9.17, 15) is 9.59 Å². The van der Waals surface area contributed by atoms with E-state index in [2.05, 4.69) is 30.7 Å². The molecule has 1 aliphatic heterocycles. The molecule has 6 heteroatoms. The summed E-state index contributed by atoms with van der Waals surface area (Å²) in [5.74, 6) is -0.322. The summed E-state index contributed by atoms with van der Waals surface area (Å²) in [5.41, 5.74) is 2.55. The van der Waals surface area contributed by atoms with Crippen LogP contribution in [0.1, 0.15) is 31.9 Å². The van der Waals surface area contributed by atoms with Gasteiger partial charge in [-0.15, -0.1) is 0 Å². The summed E-state index contributed by atoms with van der Waals surface area (Å²) in [5, 5.41) is 1.23. The van der Waals surface area contributed by atoms with Crippen LogP contribution < -0.4 is 4.90 Å². The van der Waals surface area contributed by atoms with Gasteiger partial charge in [0.1, 0.15) is 0 Å². The molecule has 0 bridgehead atoms. The molecular formula is C22H19ClN2O2S. The van der Waals surface area contributed by atoms with Crippen LogP contribution in [0.25, 0.3) is 17.0 Å². The minimum atomic E-state index is -0.322. The number of fused-ring (bicyclic) bond motifs is 1. The van der Waals surface area contributed by atoms with Crippen molar-refractivity contribution in [2.45, 2.75) is 26.3 Å². The molecule has 0 N–H and O–H groups in total. The highest BCUT2D eigenvalue weighted by Gasteiger charge is 2.36. The zero-order valence-electron chi connectivity index (χ0n) is 15.6. The number of carbonyl (C=O) groups is 2. The number of thioether (sulfide) groups is 1. The van der Waals surface area contributed by atoms with Gasteiger partial charge < -0.3 is 4.57 Å². The number of hydrogen-bond acceptors (Lipinski definition) is 3. The Morgan fingerprint density at radius 3 is 2.68 bits per heavy atom. The molecule has 0 spiro atoms. The third kappa shape index (κ3) is 3.25. The van der Waals surface area contributed by atoms with Crippen LogP contribution in [-0.2, 0) is 4.79 Å². The van der Waals surface area contributed by atoms with Gasteiger partial charge in [0, 0.05) is 33.7 Å². The summed E-state index contributed by atoms with van der Waals surface area (Å²) in [6.07, 6.45) is 4.88. The largest absolute Gasteiger partial charge is 0.344 e. The van der Waals surface area contributed by atoms with E-state index in [0.29, 0.717) is 21.7 Å². The fraction of sp³-hybridized carbons (Fsp3) is 0.182. The molecule has 1 atom stereocenters. The summed E-state index contributed by atoms with van der Waals surface area (Å²) < 4.78 is 2.22. The number of rotatable bonds is 4. The first kappa shape index (κ1) is 18.8. The molecular weight excluding hydrogens is 392 g/mol. The smallest absolute Gasteiger partial charge is 0.298 e. The number of halogens is 1. The molecule has 0 radical (unpaired) electrons. The summed E-state index contributed by atoms with van der Waals surface area (Å²) in [6.45, 7) is 4.32. The van der Waals surface area contributed by atoms with Crippen molar-refractivity contribution in [2.24, 2.45) is 0 Å². The highest BCUT2D eigenvalue weighted by Crippen LogP contribution is 2.37. The molecule has 0 unspecified atom stereocenters. The predicted octanol–water partition coefficient (Wildman–Crippen LogP) is 6.51. The molecule has 142 valence electrons. The van der Waals surface area contributed by atoms with E-state index in [1.54, 1.807) is 24.3 Å². The monoisotopic (exact) mass is 410 g/mol. The molecule has 2 heterocycles. The first-order valence-electron chi connectivity index (χ1n) is 9.12. The number of amides is 2. The van der Waals surface area contributed by atoms with Gasteiger partial charge in [-0.3, -0.25) is 9.59 Å². The Bertz CT molecular complexity index is 1120. The Hall–Kier alpha value is -2.50. The quantitative estimate of drug-likeness (QED) is 0.460. The van der Waals surface area contributed by atoms with Crippen molar-refractivity contribution in [1.82, 2.24) is 4.57 Å². The van der Waals surface area contributed by atoms with Crippen LogP contribution in [-0.4, -0.2) is 15.7 Å². The lowest BCUT2D eigenvalue weighted by Crippen LogP contribution is -2.27. The number of aromatic nitrogens is 1. The number of benzene rings is 2. The van der Waals surface area contributed by atoms with Crippen LogP contribution in [0, 0.1) is 0 Å². The topological polar surface area (TPSA) is 42.3 Å². The lowest BCUT2D eigenvalue weighted by molar-refractivity contribution is -0.113. The van der Waals surface area contributed by atoms with Crippen LogP contribution in [0.4, 0.5) is 10.5 Å². The van der Waals surface area contributed by atoms with Crippen LogP contribution in [0.2, 0.25) is 5.02 Å². The maximum atomic E-state index is 12.9. The van der Waals surface area contributed by atoms with Gasteiger partial charge in [-0.1, -0.05) is 42.8 Å².